The number of ether oxygens (including phenoxy) is 5. The van der Waals surface area contributed by atoms with Gasteiger partial charge in [0.2, 0.25) is 11.8 Å². The van der Waals surface area contributed by atoms with Crippen molar-refractivity contribution in [2.45, 2.75) is 83.8 Å². The number of H-pyrrole nitrogens is 2. The van der Waals surface area contributed by atoms with Gasteiger partial charge in [-0.3, -0.25) is 9.59 Å². The molecule has 8 atom stereocenters. The summed E-state index contributed by atoms with van der Waals surface area (Å²) in [5.41, 5.74) is 6.44. The standard InChI is InChI=1S/C47H58N8O9/c1-9-25(3)39(52-46(58)62-7)44(56)54-20-24(2)14-36(54)42-48-19-35(50-42)29-10-12-31-30(16-29)23-64-38-18-32-28(17-33(31)38)11-13-34-41(32)51-43(49-34)37-15-27(22-60-5)21-55(37)45(57)40(26(4)61-6)53-47(59)63-8/h10-13,16-19,24-27,36-37,39-40H,9,14-15,20-23H2,1-8H3,(H,48,50)(H,49,51)(H,52,58)(H,53,59)/t24-,25-,26+,27?,36-,37-,39-,40-/m0/s1. The van der Waals surface area contributed by atoms with Gasteiger partial charge in [0.05, 0.1) is 61.9 Å². The molecule has 8 rings (SSSR count). The normalized spacial score (nSPS) is 21.1. The highest BCUT2D eigenvalue weighted by molar-refractivity contribution is 6.07. The van der Waals surface area contributed by atoms with E-state index in [0.29, 0.717) is 50.8 Å². The molecule has 1 unspecified atom stereocenters. The molecule has 4 N–H and O–H groups in total. The van der Waals surface area contributed by atoms with Crippen molar-refractivity contribution in [2.24, 2.45) is 17.8 Å². The number of methoxy groups -OCH3 is 4. The Hall–Kier alpha value is -6.20. The zero-order valence-electron chi connectivity index (χ0n) is 37.7. The quantitative estimate of drug-likeness (QED) is 0.0988. The number of carbonyl (C=O) groups is 4. The molecule has 2 aromatic heterocycles. The van der Waals surface area contributed by atoms with Crippen molar-refractivity contribution in [3.8, 4) is 28.1 Å². The zero-order chi connectivity index (χ0) is 45.4. The van der Waals surface area contributed by atoms with Crippen LogP contribution in [0.2, 0.25) is 0 Å². The van der Waals surface area contributed by atoms with Gasteiger partial charge < -0.3 is 54.1 Å². The number of benzene rings is 3. The summed E-state index contributed by atoms with van der Waals surface area (Å²) < 4.78 is 27.1. The third-order valence-electron chi connectivity index (χ3n) is 13.3. The molecule has 0 aliphatic carbocycles. The molecule has 3 aliphatic heterocycles. The Morgan fingerprint density at radius 1 is 0.859 bits per heavy atom. The number of hydrogen-bond donors (Lipinski definition) is 4. The SMILES string of the molecule is CC[C@H](C)[C@H](NC(=O)OC)C(=O)N1C[C@@H](C)C[C@H]1c1ncc(-c2ccc3c(c2)COc2cc4c(ccc5nc([C@@H]6CC(COC)CN6C(=O)[C@@H](NC(=O)OC)[C@@H](C)OC)[nH]c54)cc2-3)[nH]1. The largest absolute Gasteiger partial charge is 0.488 e. The second kappa shape index (κ2) is 18.5. The Morgan fingerprint density at radius 3 is 2.30 bits per heavy atom. The first-order chi connectivity index (χ1) is 30.8. The maximum atomic E-state index is 14.1. The molecule has 3 aromatic carbocycles. The number of fused-ring (bicyclic) bond motifs is 6. The van der Waals surface area contributed by atoms with Gasteiger partial charge in [0.1, 0.15) is 36.1 Å². The molecular weight excluding hydrogens is 821 g/mol. The van der Waals surface area contributed by atoms with Gasteiger partial charge in [-0.25, -0.2) is 19.6 Å². The Labute approximate surface area is 371 Å². The number of imidazole rings is 2. The number of aromatic amines is 2. The average Bonchev–Trinajstić information content (AvgIpc) is 4.14. The molecule has 64 heavy (non-hydrogen) atoms. The molecule has 0 spiro atoms. The summed E-state index contributed by atoms with van der Waals surface area (Å²) in [6, 6.07) is 12.2. The lowest BCUT2D eigenvalue weighted by Crippen LogP contribution is -2.54. The maximum absolute atomic E-state index is 14.1. The summed E-state index contributed by atoms with van der Waals surface area (Å²) in [6.45, 7) is 9.62. The lowest BCUT2D eigenvalue weighted by Gasteiger charge is -2.30. The van der Waals surface area contributed by atoms with Crippen LogP contribution in [0.4, 0.5) is 9.59 Å². The van der Waals surface area contributed by atoms with Crippen LogP contribution in [0.1, 0.15) is 76.3 Å². The van der Waals surface area contributed by atoms with Crippen LogP contribution in [-0.2, 0) is 35.1 Å². The minimum atomic E-state index is -0.971. The number of likely N-dealkylation sites (tertiary alicyclic amines) is 2. The van der Waals surface area contributed by atoms with Crippen LogP contribution in [-0.4, -0.2) is 120 Å². The molecule has 2 saturated heterocycles. The van der Waals surface area contributed by atoms with Crippen molar-refractivity contribution < 1.29 is 42.9 Å². The molecule has 5 heterocycles. The summed E-state index contributed by atoms with van der Waals surface area (Å²) in [5.74, 6) is 1.89. The summed E-state index contributed by atoms with van der Waals surface area (Å²) in [6.07, 6.45) is 1.94. The summed E-state index contributed by atoms with van der Waals surface area (Å²) >= 11 is 0. The number of aromatic nitrogens is 4. The van der Waals surface area contributed by atoms with E-state index in [4.69, 9.17) is 33.7 Å². The predicted octanol–water partition coefficient (Wildman–Crippen LogP) is 6.64. The zero-order valence-corrected chi connectivity index (χ0v) is 37.7. The van der Waals surface area contributed by atoms with Crippen molar-refractivity contribution in [3.63, 3.8) is 0 Å². The van der Waals surface area contributed by atoms with E-state index in [0.717, 1.165) is 61.9 Å². The molecular formula is C47H58N8O9. The number of hydrogen-bond acceptors (Lipinski definition) is 11. The van der Waals surface area contributed by atoms with Crippen LogP contribution in [0.3, 0.4) is 0 Å². The first-order valence-electron chi connectivity index (χ1n) is 21.9. The Kier molecular flexibility index (Phi) is 12.8. The van der Waals surface area contributed by atoms with Gasteiger partial charge in [0.25, 0.3) is 0 Å². The minimum absolute atomic E-state index is 0.0552. The third-order valence-corrected chi connectivity index (χ3v) is 13.3. The lowest BCUT2D eigenvalue weighted by molar-refractivity contribution is -0.138. The van der Waals surface area contributed by atoms with E-state index in [2.05, 4.69) is 57.9 Å². The number of alkyl carbamates (subject to hydrolysis) is 2. The molecule has 4 amide bonds. The smallest absolute Gasteiger partial charge is 0.407 e. The monoisotopic (exact) mass is 878 g/mol. The topological polar surface area (TPSA) is 202 Å². The number of nitrogens with one attached hydrogen (secondary N) is 4. The number of rotatable bonds is 13. The van der Waals surface area contributed by atoms with Crippen molar-refractivity contribution >= 4 is 45.8 Å². The Bertz CT molecular complexity index is 2560. The minimum Gasteiger partial charge on any atom is -0.488 e. The fraction of sp³-hybridized carbons (Fsp3) is 0.489. The van der Waals surface area contributed by atoms with Crippen molar-refractivity contribution in [2.75, 3.05) is 48.1 Å². The Morgan fingerprint density at radius 2 is 1.58 bits per heavy atom. The van der Waals surface area contributed by atoms with E-state index in [9.17, 15) is 19.2 Å². The van der Waals surface area contributed by atoms with Crippen molar-refractivity contribution in [1.29, 1.82) is 0 Å². The van der Waals surface area contributed by atoms with Crippen LogP contribution in [0.5, 0.6) is 5.75 Å². The first kappa shape index (κ1) is 44.4. The van der Waals surface area contributed by atoms with Gasteiger partial charge in [-0.15, -0.1) is 0 Å². The highest BCUT2D eigenvalue weighted by Crippen LogP contribution is 2.44. The molecule has 0 saturated carbocycles. The fourth-order valence-electron chi connectivity index (χ4n) is 9.55. The van der Waals surface area contributed by atoms with Gasteiger partial charge in [-0.05, 0) is 77.9 Å². The van der Waals surface area contributed by atoms with E-state index in [-0.39, 0.29) is 35.6 Å². The van der Waals surface area contributed by atoms with E-state index in [1.165, 1.54) is 21.3 Å². The van der Waals surface area contributed by atoms with Crippen LogP contribution < -0.4 is 15.4 Å². The Balaban J connectivity index is 1.05. The van der Waals surface area contributed by atoms with Crippen LogP contribution >= 0.6 is 0 Å². The van der Waals surface area contributed by atoms with Crippen molar-refractivity contribution in [3.05, 3.63) is 65.9 Å². The van der Waals surface area contributed by atoms with E-state index in [1.807, 2.05) is 37.1 Å². The second-order valence-electron chi connectivity index (χ2n) is 17.5. The van der Waals surface area contributed by atoms with Crippen LogP contribution in [0.25, 0.3) is 44.2 Å². The number of carbonyl (C=O) groups excluding carboxylic acids is 4. The fourth-order valence-corrected chi connectivity index (χ4v) is 9.55. The molecule has 5 aromatic rings. The molecule has 17 nitrogen and oxygen atoms in total. The second-order valence-corrected chi connectivity index (χ2v) is 17.5. The lowest BCUT2D eigenvalue weighted by atomic mass is 9.92. The number of amides is 4. The molecule has 340 valence electrons. The molecule has 0 radical (unpaired) electrons. The predicted molar refractivity (Wildman–Crippen MR) is 238 cm³/mol. The van der Waals surface area contributed by atoms with E-state index >= 15 is 0 Å². The first-order valence-corrected chi connectivity index (χ1v) is 21.9. The summed E-state index contributed by atoms with van der Waals surface area (Å²) in [7, 11) is 5.69. The van der Waals surface area contributed by atoms with Gasteiger partial charge in [0.15, 0.2) is 0 Å². The highest BCUT2D eigenvalue weighted by atomic mass is 16.5. The molecule has 17 heteroatoms. The highest BCUT2D eigenvalue weighted by Gasteiger charge is 2.43. The van der Waals surface area contributed by atoms with Crippen LogP contribution in [0, 0.1) is 17.8 Å². The van der Waals surface area contributed by atoms with Gasteiger partial charge >= 0.3 is 12.2 Å². The van der Waals surface area contributed by atoms with Gasteiger partial charge in [-0.1, -0.05) is 45.4 Å². The number of nitrogens with zero attached hydrogens (tertiary/aromatic N) is 4. The van der Waals surface area contributed by atoms with Crippen LogP contribution in [0.15, 0.2) is 48.7 Å². The van der Waals surface area contributed by atoms with Gasteiger partial charge in [-0.2, -0.15) is 0 Å². The molecule has 3 aliphatic rings. The third kappa shape index (κ3) is 8.45. The average molecular weight is 879 g/mol. The van der Waals surface area contributed by atoms with Gasteiger partial charge in [0, 0.05) is 44.2 Å². The molecule has 2 fully saturated rings. The maximum Gasteiger partial charge on any atom is 0.407 e. The van der Waals surface area contributed by atoms with E-state index in [1.54, 1.807) is 18.9 Å². The summed E-state index contributed by atoms with van der Waals surface area (Å²) in [4.78, 5) is 73.1. The molecule has 0 bridgehead atoms. The summed E-state index contributed by atoms with van der Waals surface area (Å²) in [5, 5.41) is 7.36. The van der Waals surface area contributed by atoms with E-state index < -0.39 is 36.4 Å². The van der Waals surface area contributed by atoms with Crippen molar-refractivity contribution in [1.82, 2.24) is 40.4 Å².